The Hall–Kier alpha value is -0.840. The average molecular weight is 506 g/mol. The smallest absolute Gasteiger partial charge is 0.191 e. The van der Waals surface area contributed by atoms with E-state index >= 15 is 0 Å². The second kappa shape index (κ2) is 13.4. The lowest BCUT2D eigenvalue weighted by Gasteiger charge is -2.26. The summed E-state index contributed by atoms with van der Waals surface area (Å²) in [7, 11) is 1.76. The molecule has 0 spiro atoms. The normalized spacial score (nSPS) is 19.1. The van der Waals surface area contributed by atoms with Gasteiger partial charge >= 0.3 is 0 Å². The van der Waals surface area contributed by atoms with Crippen molar-refractivity contribution in [2.75, 3.05) is 59.7 Å². The number of halogens is 1. The molecule has 2 fully saturated rings. The van der Waals surface area contributed by atoms with Crippen LogP contribution < -0.4 is 10.6 Å². The predicted molar refractivity (Wildman–Crippen MR) is 122 cm³/mol. The van der Waals surface area contributed by atoms with E-state index in [0.29, 0.717) is 12.0 Å². The summed E-state index contributed by atoms with van der Waals surface area (Å²) in [6, 6.07) is 4.27. The minimum Gasteiger partial charge on any atom is -0.469 e. The Balaban J connectivity index is 0.00000280. The molecular weight excluding hydrogens is 471 g/mol. The minimum atomic E-state index is 0. The summed E-state index contributed by atoms with van der Waals surface area (Å²) in [5.41, 5.74) is 0. The molecule has 0 aromatic carbocycles. The van der Waals surface area contributed by atoms with Crippen molar-refractivity contribution in [3.63, 3.8) is 0 Å². The van der Waals surface area contributed by atoms with Gasteiger partial charge in [0.1, 0.15) is 5.76 Å². The Morgan fingerprint density at radius 2 is 2.18 bits per heavy atom. The number of methoxy groups -OCH3 is 1. The number of hydrogen-bond acceptors (Lipinski definition) is 5. The molecular formula is C20H35IN4O3. The van der Waals surface area contributed by atoms with Gasteiger partial charge < -0.3 is 24.5 Å². The molecule has 1 aliphatic heterocycles. The quantitative estimate of drug-likeness (QED) is 0.208. The monoisotopic (exact) mass is 506 g/mol. The van der Waals surface area contributed by atoms with Crippen LogP contribution in [-0.2, 0) is 15.9 Å². The van der Waals surface area contributed by atoms with Crippen LogP contribution in [0.3, 0.4) is 0 Å². The third-order valence-corrected chi connectivity index (χ3v) is 5.11. The third kappa shape index (κ3) is 8.67. The van der Waals surface area contributed by atoms with Crippen molar-refractivity contribution in [1.29, 1.82) is 0 Å². The Kier molecular flexibility index (Phi) is 11.2. The molecule has 2 N–H and O–H groups in total. The van der Waals surface area contributed by atoms with E-state index in [1.165, 1.54) is 12.8 Å². The lowest BCUT2D eigenvalue weighted by atomic mass is 10.2. The molecule has 8 heteroatoms. The molecule has 1 aromatic rings. The highest BCUT2D eigenvalue weighted by molar-refractivity contribution is 14.0. The van der Waals surface area contributed by atoms with E-state index in [1.54, 1.807) is 13.4 Å². The van der Waals surface area contributed by atoms with Crippen molar-refractivity contribution in [3.05, 3.63) is 24.2 Å². The molecule has 2 heterocycles. The summed E-state index contributed by atoms with van der Waals surface area (Å²) in [6.07, 6.45) is 6.18. The number of hydrogen-bond donors (Lipinski definition) is 2. The average Bonchev–Trinajstić information content (AvgIpc) is 3.41. The van der Waals surface area contributed by atoms with E-state index in [2.05, 4.69) is 15.5 Å². The molecule has 0 radical (unpaired) electrons. The number of morpholine rings is 1. The molecule has 1 saturated heterocycles. The molecule has 28 heavy (non-hydrogen) atoms. The van der Waals surface area contributed by atoms with E-state index in [4.69, 9.17) is 18.9 Å². The van der Waals surface area contributed by atoms with Crippen molar-refractivity contribution in [2.24, 2.45) is 10.9 Å². The van der Waals surface area contributed by atoms with Gasteiger partial charge in [-0.25, -0.2) is 0 Å². The topological polar surface area (TPSA) is 71.3 Å². The van der Waals surface area contributed by atoms with Crippen LogP contribution in [0.2, 0.25) is 0 Å². The highest BCUT2D eigenvalue weighted by Crippen LogP contribution is 2.32. The van der Waals surface area contributed by atoms with Crippen molar-refractivity contribution >= 4 is 29.9 Å². The number of rotatable bonds is 11. The van der Waals surface area contributed by atoms with Gasteiger partial charge in [-0.1, -0.05) is 0 Å². The second-order valence-electron chi connectivity index (χ2n) is 7.34. The Morgan fingerprint density at radius 1 is 1.36 bits per heavy atom. The maximum Gasteiger partial charge on any atom is 0.191 e. The molecule has 1 aromatic heterocycles. The van der Waals surface area contributed by atoms with E-state index in [1.807, 2.05) is 12.1 Å². The molecule has 1 saturated carbocycles. The maximum absolute atomic E-state index is 5.41. The zero-order valence-corrected chi connectivity index (χ0v) is 19.2. The van der Waals surface area contributed by atoms with Crippen molar-refractivity contribution < 1.29 is 13.9 Å². The largest absolute Gasteiger partial charge is 0.469 e. The summed E-state index contributed by atoms with van der Waals surface area (Å²) in [6.45, 7) is 7.19. The number of nitrogens with one attached hydrogen (secondary N) is 2. The van der Waals surface area contributed by atoms with Gasteiger partial charge in [-0.2, -0.15) is 0 Å². The Morgan fingerprint density at radius 3 is 2.86 bits per heavy atom. The highest BCUT2D eigenvalue weighted by atomic mass is 127. The first-order chi connectivity index (χ1) is 13.3. The predicted octanol–water partition coefficient (Wildman–Crippen LogP) is 2.12. The fourth-order valence-electron chi connectivity index (χ4n) is 3.37. The molecule has 2 aliphatic rings. The number of aliphatic imine (C=N–C) groups is 1. The molecule has 1 atom stereocenters. The lowest BCUT2D eigenvalue weighted by molar-refractivity contribution is 0.0377. The van der Waals surface area contributed by atoms with Crippen molar-refractivity contribution in [1.82, 2.24) is 15.5 Å². The van der Waals surface area contributed by atoms with Gasteiger partial charge in [0.2, 0.25) is 0 Å². The van der Waals surface area contributed by atoms with E-state index in [0.717, 1.165) is 77.1 Å². The second-order valence-corrected chi connectivity index (χ2v) is 7.34. The standard InChI is InChI=1S/C20H34N4O3.HI/c1-25-16-19(17-5-6-17)23-20(22-9-7-18-4-2-13-27-18)21-8-3-10-24-11-14-26-15-12-24;/h2,4,13,17,19H,3,5-12,14-16H2,1H3,(H2,21,22,23);1H. The van der Waals surface area contributed by atoms with Crippen molar-refractivity contribution in [2.45, 2.75) is 31.7 Å². The van der Waals surface area contributed by atoms with Crippen LogP contribution in [0.15, 0.2) is 27.8 Å². The van der Waals surface area contributed by atoms with Gasteiger partial charge in [-0.15, -0.1) is 24.0 Å². The van der Waals surface area contributed by atoms with E-state index < -0.39 is 0 Å². The van der Waals surface area contributed by atoms with Crippen LogP contribution >= 0.6 is 24.0 Å². The van der Waals surface area contributed by atoms with Gasteiger partial charge in [-0.05, 0) is 37.3 Å². The number of furan rings is 1. The number of nitrogens with zero attached hydrogens (tertiary/aromatic N) is 2. The molecule has 3 rings (SSSR count). The van der Waals surface area contributed by atoms with Crippen molar-refractivity contribution in [3.8, 4) is 0 Å². The first-order valence-corrected chi connectivity index (χ1v) is 10.2. The molecule has 7 nitrogen and oxygen atoms in total. The maximum atomic E-state index is 5.41. The summed E-state index contributed by atoms with van der Waals surface area (Å²) >= 11 is 0. The summed E-state index contributed by atoms with van der Waals surface area (Å²) < 4.78 is 16.2. The van der Waals surface area contributed by atoms with E-state index in [-0.39, 0.29) is 24.0 Å². The molecule has 1 unspecified atom stereocenters. The Labute approximate surface area is 185 Å². The minimum absolute atomic E-state index is 0. The zero-order valence-electron chi connectivity index (χ0n) is 16.9. The summed E-state index contributed by atoms with van der Waals surface area (Å²) in [5.74, 6) is 2.58. The van der Waals surface area contributed by atoms with Gasteiger partial charge in [-0.3, -0.25) is 9.89 Å². The Bertz CT molecular complexity index is 546. The van der Waals surface area contributed by atoms with Gasteiger partial charge in [0.05, 0.1) is 32.1 Å². The van der Waals surface area contributed by atoms with Gasteiger partial charge in [0.15, 0.2) is 5.96 Å². The van der Waals surface area contributed by atoms with Gasteiger partial charge in [0.25, 0.3) is 0 Å². The molecule has 0 amide bonds. The van der Waals surface area contributed by atoms with E-state index in [9.17, 15) is 0 Å². The van der Waals surface area contributed by atoms with Crippen LogP contribution in [0.5, 0.6) is 0 Å². The van der Waals surface area contributed by atoms with Crippen LogP contribution in [0, 0.1) is 5.92 Å². The fourth-order valence-corrected chi connectivity index (χ4v) is 3.37. The zero-order chi connectivity index (χ0) is 18.7. The fraction of sp³-hybridized carbons (Fsp3) is 0.750. The number of ether oxygens (including phenoxy) is 2. The SMILES string of the molecule is COCC(NC(=NCCCN1CCOCC1)NCCc1ccco1)C1CC1.I. The molecule has 1 aliphatic carbocycles. The van der Waals surface area contributed by atoms with Gasteiger partial charge in [0, 0.05) is 46.3 Å². The first-order valence-electron chi connectivity index (χ1n) is 10.2. The van der Waals surface area contributed by atoms with Crippen LogP contribution in [0.25, 0.3) is 0 Å². The summed E-state index contributed by atoms with van der Waals surface area (Å²) in [4.78, 5) is 7.26. The summed E-state index contributed by atoms with van der Waals surface area (Å²) in [5, 5.41) is 7.04. The van der Waals surface area contributed by atoms with Crippen LogP contribution in [0.1, 0.15) is 25.0 Å². The first kappa shape index (κ1) is 23.4. The molecule has 0 bridgehead atoms. The highest BCUT2D eigenvalue weighted by Gasteiger charge is 2.31. The number of guanidine groups is 1. The third-order valence-electron chi connectivity index (χ3n) is 5.11. The van der Waals surface area contributed by atoms with Crippen LogP contribution in [0.4, 0.5) is 0 Å². The lowest BCUT2D eigenvalue weighted by Crippen LogP contribution is -2.47. The molecule has 160 valence electrons. The van der Waals surface area contributed by atoms with Crippen LogP contribution in [-0.4, -0.2) is 76.6 Å².